The van der Waals surface area contributed by atoms with Crippen LogP contribution in [0.4, 0.5) is 11.6 Å². The molecule has 2 N–H and O–H groups in total. The van der Waals surface area contributed by atoms with Gasteiger partial charge in [-0.1, -0.05) is 25.1 Å². The quantitative estimate of drug-likeness (QED) is 0.903. The van der Waals surface area contributed by atoms with Crippen molar-refractivity contribution >= 4 is 23.4 Å². The van der Waals surface area contributed by atoms with Gasteiger partial charge in [0.25, 0.3) is 5.56 Å². The fourth-order valence-corrected chi connectivity index (χ4v) is 3.24. The van der Waals surface area contributed by atoms with E-state index in [1.54, 1.807) is 11.8 Å². The molecule has 5 heteroatoms. The Hall–Kier alpha value is -1.75. The van der Waals surface area contributed by atoms with E-state index in [2.05, 4.69) is 28.3 Å². The molecule has 0 amide bonds. The highest BCUT2D eigenvalue weighted by atomic mass is 32.2. The molecule has 0 spiro atoms. The van der Waals surface area contributed by atoms with Gasteiger partial charge in [0, 0.05) is 22.8 Å². The number of H-pyrrole nitrogens is 1. The van der Waals surface area contributed by atoms with Crippen molar-refractivity contribution in [1.82, 2.24) is 9.97 Å². The van der Waals surface area contributed by atoms with Crippen molar-refractivity contribution in [1.29, 1.82) is 0 Å². The summed E-state index contributed by atoms with van der Waals surface area (Å²) in [6.45, 7) is 2.11. The molecule has 98 valence electrons. The smallest absolute Gasteiger partial charge is 0.256 e. The molecular formula is C14H15N3OS. The number of fused-ring (bicyclic) bond motifs is 1. The molecule has 0 radical (unpaired) electrons. The first-order chi connectivity index (χ1) is 9.28. The van der Waals surface area contributed by atoms with Crippen LogP contribution < -0.4 is 10.9 Å². The summed E-state index contributed by atoms with van der Waals surface area (Å²) in [7, 11) is 0. The molecule has 1 aromatic heterocycles. The number of rotatable bonds is 3. The van der Waals surface area contributed by atoms with E-state index in [4.69, 9.17) is 0 Å². The average Bonchev–Trinajstić information content (AvgIpc) is 2.88. The van der Waals surface area contributed by atoms with Gasteiger partial charge in [0.2, 0.25) is 5.95 Å². The summed E-state index contributed by atoms with van der Waals surface area (Å²) < 4.78 is 0. The Kier molecular flexibility index (Phi) is 3.29. The predicted octanol–water partition coefficient (Wildman–Crippen LogP) is 2.82. The van der Waals surface area contributed by atoms with Gasteiger partial charge in [-0.15, -0.1) is 0 Å². The van der Waals surface area contributed by atoms with Gasteiger partial charge in [0.05, 0.1) is 5.69 Å². The zero-order chi connectivity index (χ0) is 13.2. The molecule has 0 unspecified atom stereocenters. The third-order valence-electron chi connectivity index (χ3n) is 3.24. The molecular weight excluding hydrogens is 258 g/mol. The molecule has 1 aliphatic rings. The lowest BCUT2D eigenvalue weighted by atomic mass is 10.1. The minimum absolute atomic E-state index is 0.0218. The minimum Gasteiger partial charge on any atom is -0.325 e. The van der Waals surface area contributed by atoms with Crippen molar-refractivity contribution in [2.45, 2.75) is 24.9 Å². The van der Waals surface area contributed by atoms with E-state index in [-0.39, 0.29) is 5.56 Å². The largest absolute Gasteiger partial charge is 0.325 e. The van der Waals surface area contributed by atoms with Crippen molar-refractivity contribution in [3.63, 3.8) is 0 Å². The number of nitrogens with zero attached hydrogens (tertiary/aromatic N) is 1. The van der Waals surface area contributed by atoms with Gasteiger partial charge in [-0.3, -0.25) is 9.78 Å². The van der Waals surface area contributed by atoms with Gasteiger partial charge in [0.1, 0.15) is 0 Å². The average molecular weight is 273 g/mol. The van der Waals surface area contributed by atoms with E-state index < -0.39 is 0 Å². The van der Waals surface area contributed by atoms with Gasteiger partial charge >= 0.3 is 0 Å². The van der Waals surface area contributed by atoms with Crippen LogP contribution in [0.2, 0.25) is 0 Å². The fraction of sp³-hybridized carbons (Fsp3) is 0.286. The SMILES string of the molecule is CCc1ccccc1Nc1nc2c(c(=O)[nH]1)CSC2. The summed E-state index contributed by atoms with van der Waals surface area (Å²) in [4.78, 5) is 19.2. The molecule has 3 rings (SSSR count). The number of benzene rings is 1. The van der Waals surface area contributed by atoms with Crippen LogP contribution in [-0.2, 0) is 17.9 Å². The Balaban J connectivity index is 1.96. The molecule has 0 atom stereocenters. The van der Waals surface area contributed by atoms with Crippen molar-refractivity contribution in [3.05, 3.63) is 51.4 Å². The van der Waals surface area contributed by atoms with Crippen LogP contribution in [0.3, 0.4) is 0 Å². The zero-order valence-electron chi connectivity index (χ0n) is 10.7. The molecule has 4 nitrogen and oxygen atoms in total. The van der Waals surface area contributed by atoms with E-state index in [1.165, 1.54) is 5.56 Å². The Bertz CT molecular complexity index is 666. The third-order valence-corrected chi connectivity index (χ3v) is 4.21. The Morgan fingerprint density at radius 2 is 2.21 bits per heavy atom. The molecule has 2 heterocycles. The van der Waals surface area contributed by atoms with Crippen LogP contribution in [0, 0.1) is 0 Å². The topological polar surface area (TPSA) is 57.8 Å². The lowest BCUT2D eigenvalue weighted by Gasteiger charge is -2.10. The molecule has 0 fully saturated rings. The van der Waals surface area contributed by atoms with E-state index in [9.17, 15) is 4.79 Å². The van der Waals surface area contributed by atoms with Gasteiger partial charge in [-0.25, -0.2) is 4.98 Å². The second kappa shape index (κ2) is 5.09. The fourth-order valence-electron chi connectivity index (χ4n) is 2.20. The molecule has 2 aromatic rings. The Morgan fingerprint density at radius 3 is 3.05 bits per heavy atom. The number of anilines is 2. The maximum absolute atomic E-state index is 11.9. The molecule has 1 aliphatic heterocycles. The highest BCUT2D eigenvalue weighted by Gasteiger charge is 2.17. The van der Waals surface area contributed by atoms with Gasteiger partial charge in [-0.2, -0.15) is 11.8 Å². The van der Waals surface area contributed by atoms with Crippen LogP contribution >= 0.6 is 11.8 Å². The second-order valence-electron chi connectivity index (χ2n) is 4.47. The maximum atomic E-state index is 11.9. The van der Waals surface area contributed by atoms with E-state index in [0.717, 1.165) is 34.9 Å². The van der Waals surface area contributed by atoms with Gasteiger partial charge < -0.3 is 5.32 Å². The normalized spacial score (nSPS) is 13.3. The third kappa shape index (κ3) is 2.38. The predicted molar refractivity (Wildman–Crippen MR) is 79.0 cm³/mol. The lowest BCUT2D eigenvalue weighted by molar-refractivity contribution is 1.03. The summed E-state index contributed by atoms with van der Waals surface area (Å²) in [5, 5.41) is 3.22. The van der Waals surface area contributed by atoms with E-state index in [1.807, 2.05) is 18.2 Å². The number of para-hydroxylation sites is 1. The number of aromatic amines is 1. The highest BCUT2D eigenvalue weighted by Crippen LogP contribution is 2.26. The number of hydrogen-bond acceptors (Lipinski definition) is 4. The van der Waals surface area contributed by atoms with Crippen molar-refractivity contribution in [2.24, 2.45) is 0 Å². The van der Waals surface area contributed by atoms with Crippen LogP contribution in [0.25, 0.3) is 0 Å². The molecule has 1 aromatic carbocycles. The summed E-state index contributed by atoms with van der Waals surface area (Å²) in [5.74, 6) is 2.12. The number of thioether (sulfide) groups is 1. The Labute approximate surface area is 115 Å². The Morgan fingerprint density at radius 1 is 1.37 bits per heavy atom. The van der Waals surface area contributed by atoms with Crippen molar-refractivity contribution < 1.29 is 0 Å². The number of hydrogen-bond donors (Lipinski definition) is 2. The number of aryl methyl sites for hydroxylation is 1. The van der Waals surface area contributed by atoms with Crippen molar-refractivity contribution in [3.8, 4) is 0 Å². The summed E-state index contributed by atoms with van der Waals surface area (Å²) >= 11 is 1.73. The summed E-state index contributed by atoms with van der Waals surface area (Å²) in [5.41, 5.74) is 3.91. The lowest BCUT2D eigenvalue weighted by Crippen LogP contribution is -2.16. The monoisotopic (exact) mass is 273 g/mol. The number of nitrogens with one attached hydrogen (secondary N) is 2. The van der Waals surface area contributed by atoms with Crippen molar-refractivity contribution in [2.75, 3.05) is 5.32 Å². The molecule has 0 saturated heterocycles. The number of aromatic nitrogens is 2. The molecule has 19 heavy (non-hydrogen) atoms. The zero-order valence-corrected chi connectivity index (χ0v) is 11.5. The molecule has 0 aliphatic carbocycles. The van der Waals surface area contributed by atoms with Crippen LogP contribution in [-0.4, -0.2) is 9.97 Å². The van der Waals surface area contributed by atoms with Crippen LogP contribution in [0.1, 0.15) is 23.7 Å². The highest BCUT2D eigenvalue weighted by molar-refractivity contribution is 7.98. The summed E-state index contributed by atoms with van der Waals surface area (Å²) in [6.07, 6.45) is 0.939. The first-order valence-corrected chi connectivity index (χ1v) is 7.48. The van der Waals surface area contributed by atoms with Gasteiger partial charge in [0.15, 0.2) is 0 Å². The second-order valence-corrected chi connectivity index (χ2v) is 5.45. The minimum atomic E-state index is -0.0218. The summed E-state index contributed by atoms with van der Waals surface area (Å²) in [6, 6.07) is 8.06. The maximum Gasteiger partial charge on any atom is 0.256 e. The van der Waals surface area contributed by atoms with Crippen LogP contribution in [0.15, 0.2) is 29.1 Å². The molecule has 0 bridgehead atoms. The van der Waals surface area contributed by atoms with E-state index in [0.29, 0.717) is 5.95 Å². The first-order valence-electron chi connectivity index (χ1n) is 6.32. The van der Waals surface area contributed by atoms with E-state index >= 15 is 0 Å². The van der Waals surface area contributed by atoms with Crippen LogP contribution in [0.5, 0.6) is 0 Å². The van der Waals surface area contributed by atoms with Gasteiger partial charge in [-0.05, 0) is 18.1 Å². The first kappa shape index (κ1) is 12.3. The standard InChI is InChI=1S/C14H15N3OS/c1-2-9-5-3-4-6-11(9)15-14-16-12-8-19-7-10(12)13(18)17-14/h3-6H,2,7-8H2,1H3,(H2,15,16,17,18). The molecule has 0 saturated carbocycles.